The average molecular weight is 504 g/mol. The first-order chi connectivity index (χ1) is 16.9. The molecule has 35 heavy (non-hydrogen) atoms. The Morgan fingerprint density at radius 3 is 2.06 bits per heavy atom. The van der Waals surface area contributed by atoms with E-state index >= 15 is 0 Å². The van der Waals surface area contributed by atoms with Gasteiger partial charge in [0.25, 0.3) is 0 Å². The summed E-state index contributed by atoms with van der Waals surface area (Å²) < 4.78 is 43.7. The van der Waals surface area contributed by atoms with Crippen LogP contribution in [-0.2, 0) is 14.8 Å². The van der Waals surface area contributed by atoms with Crippen LogP contribution in [-0.4, -0.2) is 84.1 Å². The summed E-state index contributed by atoms with van der Waals surface area (Å²) in [7, 11) is 0.959. The molecule has 2 fully saturated rings. The number of ether oxygens (including phenoxy) is 3. The number of carbonyl (C=O) groups excluding carboxylic acids is 1. The molecule has 0 unspecified atom stereocenters. The molecule has 2 aliphatic rings. The van der Waals surface area contributed by atoms with Crippen molar-refractivity contribution in [1.82, 2.24) is 9.21 Å². The molecule has 2 saturated heterocycles. The summed E-state index contributed by atoms with van der Waals surface area (Å²) in [5.41, 5.74) is 1.04. The van der Waals surface area contributed by atoms with Crippen LogP contribution in [0.2, 0.25) is 0 Å². The molecule has 190 valence electrons. The van der Waals surface area contributed by atoms with Gasteiger partial charge in [-0.3, -0.25) is 4.79 Å². The molecule has 2 aliphatic heterocycles. The monoisotopic (exact) mass is 503 g/mol. The lowest BCUT2D eigenvalue weighted by atomic mass is 9.96. The molecule has 0 bridgehead atoms. The fourth-order valence-electron chi connectivity index (χ4n) is 4.79. The fraction of sp³-hybridized carbons (Fsp3) is 0.480. The number of hydrogen-bond acceptors (Lipinski definition) is 7. The number of piperidine rings is 1. The quantitative estimate of drug-likeness (QED) is 0.574. The molecule has 0 atom stereocenters. The Hall–Kier alpha value is -2.98. The van der Waals surface area contributed by atoms with Gasteiger partial charge >= 0.3 is 0 Å². The lowest BCUT2D eigenvalue weighted by Crippen LogP contribution is -2.52. The largest absolute Gasteiger partial charge is 0.495 e. The summed E-state index contributed by atoms with van der Waals surface area (Å²) in [6, 6.07) is 12.5. The summed E-state index contributed by atoms with van der Waals surface area (Å²) in [6.45, 7) is 3.38. The van der Waals surface area contributed by atoms with E-state index in [0.717, 1.165) is 24.5 Å². The Morgan fingerprint density at radius 2 is 1.43 bits per heavy atom. The number of amides is 1. The SMILES string of the molecule is COc1ccc(S(=O)(=O)N2CCC(C(=O)N3CCN(c4ccccc4OC)CC3)CC2)cc1OC. The maximum absolute atomic E-state index is 13.2. The number of anilines is 1. The molecule has 0 aromatic heterocycles. The van der Waals surface area contributed by atoms with Crippen LogP contribution >= 0.6 is 0 Å². The van der Waals surface area contributed by atoms with E-state index in [0.29, 0.717) is 50.5 Å². The Morgan fingerprint density at radius 1 is 0.800 bits per heavy atom. The van der Waals surface area contributed by atoms with Crippen LogP contribution in [0.1, 0.15) is 12.8 Å². The van der Waals surface area contributed by atoms with E-state index in [9.17, 15) is 13.2 Å². The number of para-hydroxylation sites is 2. The highest BCUT2D eigenvalue weighted by molar-refractivity contribution is 7.89. The Kier molecular flexibility index (Phi) is 7.71. The van der Waals surface area contributed by atoms with Crippen LogP contribution in [0, 0.1) is 5.92 Å². The summed E-state index contributed by atoms with van der Waals surface area (Å²) >= 11 is 0. The minimum Gasteiger partial charge on any atom is -0.495 e. The maximum Gasteiger partial charge on any atom is 0.243 e. The van der Waals surface area contributed by atoms with Crippen LogP contribution < -0.4 is 19.1 Å². The van der Waals surface area contributed by atoms with Gasteiger partial charge in [-0.05, 0) is 37.1 Å². The molecule has 10 heteroatoms. The average Bonchev–Trinajstić information content (AvgIpc) is 2.92. The highest BCUT2D eigenvalue weighted by Gasteiger charge is 2.35. The van der Waals surface area contributed by atoms with E-state index in [4.69, 9.17) is 14.2 Å². The van der Waals surface area contributed by atoms with E-state index in [1.807, 2.05) is 29.2 Å². The van der Waals surface area contributed by atoms with Crippen LogP contribution in [0.3, 0.4) is 0 Å². The number of nitrogens with zero attached hydrogens (tertiary/aromatic N) is 3. The van der Waals surface area contributed by atoms with Crippen LogP contribution in [0.5, 0.6) is 17.2 Å². The van der Waals surface area contributed by atoms with Gasteiger partial charge in [0.15, 0.2) is 11.5 Å². The van der Waals surface area contributed by atoms with E-state index in [2.05, 4.69) is 4.90 Å². The summed E-state index contributed by atoms with van der Waals surface area (Å²) in [4.78, 5) is 17.5. The number of methoxy groups -OCH3 is 3. The van der Waals surface area contributed by atoms with Gasteiger partial charge in [0.2, 0.25) is 15.9 Å². The molecule has 2 heterocycles. The summed E-state index contributed by atoms with van der Waals surface area (Å²) in [5, 5.41) is 0. The zero-order valence-corrected chi connectivity index (χ0v) is 21.3. The fourth-order valence-corrected chi connectivity index (χ4v) is 6.27. The molecular weight excluding hydrogens is 470 g/mol. The number of rotatable bonds is 7. The van der Waals surface area contributed by atoms with E-state index in [-0.39, 0.29) is 16.7 Å². The second kappa shape index (κ2) is 10.7. The van der Waals surface area contributed by atoms with Crippen molar-refractivity contribution in [3.63, 3.8) is 0 Å². The Labute approximate surface area is 207 Å². The van der Waals surface area contributed by atoms with Crippen molar-refractivity contribution in [2.45, 2.75) is 17.7 Å². The number of sulfonamides is 1. The van der Waals surface area contributed by atoms with Crippen molar-refractivity contribution >= 4 is 21.6 Å². The molecule has 0 radical (unpaired) electrons. The molecule has 0 saturated carbocycles. The molecule has 0 spiro atoms. The van der Waals surface area contributed by atoms with Crippen LogP contribution in [0.25, 0.3) is 0 Å². The van der Waals surface area contributed by atoms with Gasteiger partial charge < -0.3 is 24.0 Å². The predicted molar refractivity (Wildman–Crippen MR) is 133 cm³/mol. The van der Waals surface area contributed by atoms with Gasteiger partial charge in [-0.2, -0.15) is 4.31 Å². The van der Waals surface area contributed by atoms with E-state index < -0.39 is 10.0 Å². The smallest absolute Gasteiger partial charge is 0.243 e. The lowest BCUT2D eigenvalue weighted by Gasteiger charge is -2.39. The van der Waals surface area contributed by atoms with Gasteiger partial charge in [-0.1, -0.05) is 12.1 Å². The van der Waals surface area contributed by atoms with Crippen molar-refractivity contribution in [3.05, 3.63) is 42.5 Å². The van der Waals surface area contributed by atoms with Crippen molar-refractivity contribution in [2.75, 3.05) is 65.5 Å². The number of carbonyl (C=O) groups is 1. The highest BCUT2D eigenvalue weighted by Crippen LogP contribution is 2.33. The topological polar surface area (TPSA) is 88.6 Å². The molecule has 1 amide bonds. The lowest BCUT2D eigenvalue weighted by molar-refractivity contribution is -0.137. The molecule has 2 aromatic rings. The predicted octanol–water partition coefficient (Wildman–Crippen LogP) is 2.46. The first kappa shape index (κ1) is 25.1. The van der Waals surface area contributed by atoms with Crippen molar-refractivity contribution in [2.24, 2.45) is 5.92 Å². The van der Waals surface area contributed by atoms with Crippen molar-refractivity contribution in [3.8, 4) is 17.2 Å². The molecule has 4 rings (SSSR count). The third-order valence-corrected chi connectivity index (χ3v) is 8.71. The van der Waals surface area contributed by atoms with Crippen LogP contribution in [0.4, 0.5) is 5.69 Å². The Balaban J connectivity index is 1.34. The third-order valence-electron chi connectivity index (χ3n) is 6.81. The third kappa shape index (κ3) is 5.18. The van der Waals surface area contributed by atoms with Gasteiger partial charge in [0, 0.05) is 51.3 Å². The van der Waals surface area contributed by atoms with Crippen molar-refractivity contribution in [1.29, 1.82) is 0 Å². The number of hydrogen-bond donors (Lipinski definition) is 0. The van der Waals surface area contributed by atoms with E-state index in [1.54, 1.807) is 13.2 Å². The van der Waals surface area contributed by atoms with Gasteiger partial charge in [0.1, 0.15) is 5.75 Å². The van der Waals surface area contributed by atoms with Crippen LogP contribution in [0.15, 0.2) is 47.4 Å². The molecule has 9 nitrogen and oxygen atoms in total. The first-order valence-corrected chi connectivity index (χ1v) is 13.2. The van der Waals surface area contributed by atoms with Gasteiger partial charge in [-0.15, -0.1) is 0 Å². The molecule has 2 aromatic carbocycles. The Bertz CT molecular complexity index is 1140. The standard InChI is InChI=1S/C25H33N3O6S/c1-32-22-7-5-4-6-21(22)26-14-16-27(17-15-26)25(29)19-10-12-28(13-11-19)35(30,31)20-8-9-23(33-2)24(18-20)34-3/h4-9,18-19H,10-17H2,1-3H3. The summed E-state index contributed by atoms with van der Waals surface area (Å²) in [6.07, 6.45) is 1.02. The minimum absolute atomic E-state index is 0.118. The maximum atomic E-state index is 13.2. The number of benzene rings is 2. The normalized spacial score (nSPS) is 17.8. The zero-order valence-electron chi connectivity index (χ0n) is 20.5. The van der Waals surface area contributed by atoms with E-state index in [1.165, 1.54) is 30.7 Å². The zero-order chi connectivity index (χ0) is 25.0. The molecule has 0 N–H and O–H groups in total. The summed E-state index contributed by atoms with van der Waals surface area (Å²) in [5.74, 6) is 1.63. The second-order valence-electron chi connectivity index (χ2n) is 8.68. The van der Waals surface area contributed by atoms with Crippen molar-refractivity contribution < 1.29 is 27.4 Å². The van der Waals surface area contributed by atoms with Gasteiger partial charge in [0.05, 0.1) is 31.9 Å². The van der Waals surface area contributed by atoms with Gasteiger partial charge in [-0.25, -0.2) is 8.42 Å². The minimum atomic E-state index is -3.68. The highest BCUT2D eigenvalue weighted by atomic mass is 32.2. The first-order valence-electron chi connectivity index (χ1n) is 11.8. The molecular formula is C25H33N3O6S. The second-order valence-corrected chi connectivity index (χ2v) is 10.6. The molecule has 0 aliphatic carbocycles. The number of piperazine rings is 1.